The van der Waals surface area contributed by atoms with Gasteiger partial charge in [-0.15, -0.1) is 0 Å². The molecule has 3 heteroatoms. The normalized spacial score (nSPS) is 12.9. The highest BCUT2D eigenvalue weighted by Gasteiger charge is 2.06. The predicted molar refractivity (Wildman–Crippen MR) is 64.6 cm³/mol. The fraction of sp³-hybridized carbons (Fsp3) is 0.750. The number of nitriles is 1. The average molecular weight is 209 g/mol. The van der Waals surface area contributed by atoms with Crippen molar-refractivity contribution in [1.29, 1.82) is 5.26 Å². The third-order valence-corrected chi connectivity index (χ3v) is 2.06. The number of nitrogens with zero attached hydrogens (tertiary/aromatic N) is 2. The monoisotopic (exact) mass is 209 g/mol. The third kappa shape index (κ3) is 8.17. The summed E-state index contributed by atoms with van der Waals surface area (Å²) in [5.74, 6) is 0.0841. The number of rotatable bonds is 7. The summed E-state index contributed by atoms with van der Waals surface area (Å²) in [4.78, 5) is 2.14. The van der Waals surface area contributed by atoms with E-state index < -0.39 is 0 Å². The number of hydrogen-bond acceptors (Lipinski definition) is 3. The van der Waals surface area contributed by atoms with Crippen LogP contribution in [0.4, 0.5) is 0 Å². The van der Waals surface area contributed by atoms with E-state index >= 15 is 0 Å². The van der Waals surface area contributed by atoms with E-state index in [-0.39, 0.29) is 5.92 Å². The van der Waals surface area contributed by atoms with Gasteiger partial charge in [0.2, 0.25) is 0 Å². The molecule has 0 aromatic heterocycles. The van der Waals surface area contributed by atoms with Crippen LogP contribution in [0.25, 0.3) is 0 Å². The molecule has 0 spiro atoms. The molecule has 1 unspecified atom stereocenters. The second-order valence-corrected chi connectivity index (χ2v) is 4.51. The van der Waals surface area contributed by atoms with Gasteiger partial charge in [-0.05, 0) is 19.5 Å². The van der Waals surface area contributed by atoms with Crippen LogP contribution in [-0.4, -0.2) is 37.6 Å². The Hall–Kier alpha value is -0.850. The summed E-state index contributed by atoms with van der Waals surface area (Å²) in [5, 5.41) is 12.0. The summed E-state index contributed by atoms with van der Waals surface area (Å²) in [7, 11) is 2.02. The zero-order valence-electron chi connectivity index (χ0n) is 10.4. The average Bonchev–Trinajstić information content (AvgIpc) is 2.14. The summed E-state index contributed by atoms with van der Waals surface area (Å²) >= 11 is 0. The summed E-state index contributed by atoms with van der Waals surface area (Å²) in [6.07, 6.45) is 0. The maximum atomic E-state index is 8.68. The van der Waals surface area contributed by atoms with Crippen molar-refractivity contribution in [3.8, 4) is 6.07 Å². The fourth-order valence-corrected chi connectivity index (χ4v) is 1.36. The van der Waals surface area contributed by atoms with Gasteiger partial charge in [0.15, 0.2) is 0 Å². The van der Waals surface area contributed by atoms with E-state index in [0.717, 1.165) is 25.2 Å². The molecule has 0 bridgehead atoms. The van der Waals surface area contributed by atoms with Crippen molar-refractivity contribution in [2.45, 2.75) is 26.8 Å². The highest BCUT2D eigenvalue weighted by Crippen LogP contribution is 1.99. The van der Waals surface area contributed by atoms with Crippen LogP contribution >= 0.6 is 0 Å². The molecular weight excluding hydrogens is 186 g/mol. The summed E-state index contributed by atoms with van der Waals surface area (Å²) in [5.41, 5.74) is 1.16. The Morgan fingerprint density at radius 2 is 2.07 bits per heavy atom. The molecule has 3 nitrogen and oxygen atoms in total. The summed E-state index contributed by atoms with van der Waals surface area (Å²) in [6.45, 7) is 12.7. The minimum atomic E-state index is 0.0841. The predicted octanol–water partition coefficient (Wildman–Crippen LogP) is 1.63. The molecule has 0 saturated carbocycles. The van der Waals surface area contributed by atoms with Gasteiger partial charge in [-0.1, -0.05) is 20.4 Å². The van der Waals surface area contributed by atoms with Gasteiger partial charge in [-0.2, -0.15) is 5.26 Å². The molecule has 1 N–H and O–H groups in total. The van der Waals surface area contributed by atoms with Crippen LogP contribution in [-0.2, 0) is 0 Å². The molecule has 0 aromatic rings. The molecule has 0 saturated heterocycles. The number of likely N-dealkylation sites (N-methyl/N-ethyl adjacent to an activating group) is 1. The van der Waals surface area contributed by atoms with E-state index in [1.165, 1.54) is 0 Å². The lowest BCUT2D eigenvalue weighted by molar-refractivity contribution is 0.332. The fourth-order valence-electron chi connectivity index (χ4n) is 1.36. The second kappa shape index (κ2) is 7.44. The molecule has 0 aliphatic carbocycles. The van der Waals surface area contributed by atoms with E-state index in [1.54, 1.807) is 0 Å². The Bertz CT molecular complexity index is 228. The van der Waals surface area contributed by atoms with Gasteiger partial charge in [0.1, 0.15) is 0 Å². The van der Waals surface area contributed by atoms with E-state index in [1.807, 2.05) is 14.0 Å². The zero-order chi connectivity index (χ0) is 11.8. The molecule has 0 radical (unpaired) electrons. The topological polar surface area (TPSA) is 39.1 Å². The molecule has 1 atom stereocenters. The molecule has 86 valence electrons. The first-order valence-electron chi connectivity index (χ1n) is 5.44. The minimum Gasteiger partial charge on any atom is -0.311 e. The molecule has 0 fully saturated rings. The lowest BCUT2D eigenvalue weighted by Crippen LogP contribution is -2.31. The first-order chi connectivity index (χ1) is 6.95. The molecule has 0 rings (SSSR count). The Morgan fingerprint density at radius 3 is 2.53 bits per heavy atom. The lowest BCUT2D eigenvalue weighted by atomic mass is 10.2. The van der Waals surface area contributed by atoms with Gasteiger partial charge in [-0.3, -0.25) is 0 Å². The first-order valence-corrected chi connectivity index (χ1v) is 5.44. The van der Waals surface area contributed by atoms with Crippen LogP contribution in [0, 0.1) is 17.2 Å². The van der Waals surface area contributed by atoms with Crippen molar-refractivity contribution in [1.82, 2.24) is 10.2 Å². The maximum Gasteiger partial charge on any atom is 0.0666 e. The van der Waals surface area contributed by atoms with Crippen LogP contribution in [0.3, 0.4) is 0 Å². The van der Waals surface area contributed by atoms with Crippen LogP contribution in [0.5, 0.6) is 0 Å². The number of nitrogens with one attached hydrogen (secondary N) is 1. The van der Waals surface area contributed by atoms with Crippen molar-refractivity contribution < 1.29 is 0 Å². The quantitative estimate of drug-likeness (QED) is 0.648. The second-order valence-electron chi connectivity index (χ2n) is 4.51. The van der Waals surface area contributed by atoms with Crippen molar-refractivity contribution in [3.63, 3.8) is 0 Å². The van der Waals surface area contributed by atoms with Crippen molar-refractivity contribution in [2.24, 2.45) is 5.92 Å². The van der Waals surface area contributed by atoms with E-state index in [4.69, 9.17) is 5.26 Å². The van der Waals surface area contributed by atoms with Gasteiger partial charge >= 0.3 is 0 Å². The van der Waals surface area contributed by atoms with Crippen molar-refractivity contribution in [3.05, 3.63) is 12.2 Å². The Kier molecular flexibility index (Phi) is 7.02. The molecule has 0 aliphatic heterocycles. The molecule has 0 amide bonds. The van der Waals surface area contributed by atoms with Crippen LogP contribution in [0.2, 0.25) is 0 Å². The highest BCUT2D eigenvalue weighted by atomic mass is 15.1. The van der Waals surface area contributed by atoms with Gasteiger partial charge in [0, 0.05) is 25.7 Å². The molecule has 15 heavy (non-hydrogen) atoms. The van der Waals surface area contributed by atoms with E-state index in [9.17, 15) is 0 Å². The van der Waals surface area contributed by atoms with Gasteiger partial charge in [0.25, 0.3) is 0 Å². The summed E-state index contributed by atoms with van der Waals surface area (Å²) in [6, 6.07) is 2.72. The van der Waals surface area contributed by atoms with Crippen LogP contribution in [0.15, 0.2) is 12.2 Å². The van der Waals surface area contributed by atoms with Crippen molar-refractivity contribution in [2.75, 3.05) is 26.7 Å². The third-order valence-electron chi connectivity index (χ3n) is 2.06. The molecular formula is C12H23N3. The zero-order valence-corrected chi connectivity index (χ0v) is 10.4. The lowest BCUT2D eigenvalue weighted by Gasteiger charge is -2.20. The molecule has 0 heterocycles. The smallest absolute Gasteiger partial charge is 0.0666 e. The Balaban J connectivity index is 3.72. The van der Waals surface area contributed by atoms with Crippen LogP contribution < -0.4 is 5.32 Å². The summed E-state index contributed by atoms with van der Waals surface area (Å²) < 4.78 is 0. The molecule has 0 aromatic carbocycles. The SMILES string of the molecule is C=C(CNC(C)C)CN(C)CC(C)C#N. The van der Waals surface area contributed by atoms with E-state index in [0.29, 0.717) is 6.04 Å². The van der Waals surface area contributed by atoms with Gasteiger partial charge in [0.05, 0.1) is 12.0 Å². The van der Waals surface area contributed by atoms with Crippen LogP contribution in [0.1, 0.15) is 20.8 Å². The highest BCUT2D eigenvalue weighted by molar-refractivity contribution is 5.00. The molecule has 0 aliphatic rings. The standard InChI is InChI=1S/C12H23N3/c1-10(2)14-7-12(4)9-15(5)8-11(3)6-13/h10-11,14H,4,7-9H2,1-3,5H3. The van der Waals surface area contributed by atoms with Crippen molar-refractivity contribution >= 4 is 0 Å². The van der Waals surface area contributed by atoms with E-state index in [2.05, 4.69) is 36.7 Å². The Labute approximate surface area is 93.8 Å². The minimum absolute atomic E-state index is 0.0841. The van der Waals surface area contributed by atoms with Gasteiger partial charge < -0.3 is 10.2 Å². The largest absolute Gasteiger partial charge is 0.311 e. The number of hydrogen-bond donors (Lipinski definition) is 1. The first kappa shape index (κ1) is 14.2. The maximum absolute atomic E-state index is 8.68. The van der Waals surface area contributed by atoms with Gasteiger partial charge in [-0.25, -0.2) is 0 Å². The Morgan fingerprint density at radius 1 is 1.47 bits per heavy atom.